The van der Waals surface area contributed by atoms with E-state index in [2.05, 4.69) is 45.9 Å². The van der Waals surface area contributed by atoms with Gasteiger partial charge in [-0.2, -0.15) is 0 Å². The molecule has 0 spiro atoms. The van der Waals surface area contributed by atoms with Crippen molar-refractivity contribution in [2.45, 2.75) is 46.6 Å². The molecular formula is C21H30O3. The van der Waals surface area contributed by atoms with Crippen LogP contribution in [0.5, 0.6) is 0 Å². The van der Waals surface area contributed by atoms with Crippen LogP contribution in [0, 0.1) is 29.6 Å². The number of allylic oxidation sites excluding steroid dienone is 6. The zero-order valence-corrected chi connectivity index (χ0v) is 15.1. The molecule has 0 saturated heterocycles. The number of carbonyl (C=O) groups is 1. The molecule has 0 aromatic carbocycles. The van der Waals surface area contributed by atoms with Crippen molar-refractivity contribution in [1.29, 1.82) is 0 Å². The van der Waals surface area contributed by atoms with E-state index in [0.29, 0.717) is 23.7 Å². The second-order valence-corrected chi connectivity index (χ2v) is 7.36. The average molecular weight is 330 g/mol. The molecule has 0 unspecified atom stereocenters. The van der Waals surface area contributed by atoms with Gasteiger partial charge in [0.2, 0.25) is 0 Å². The van der Waals surface area contributed by atoms with Gasteiger partial charge in [-0.25, -0.2) is 4.79 Å². The number of rotatable bonds is 4. The fraction of sp³-hybridized carbons (Fsp3) is 0.571. The highest BCUT2D eigenvalue weighted by Crippen LogP contribution is 2.50. The quantitative estimate of drug-likeness (QED) is 0.457. The number of aliphatic hydroxyl groups is 1. The summed E-state index contributed by atoms with van der Waals surface area (Å²) in [5.74, 6) is 0.838. The minimum atomic E-state index is -0.931. The Kier molecular flexibility index (Phi) is 6.22. The summed E-state index contributed by atoms with van der Waals surface area (Å²) in [6.45, 7) is 8.68. The molecule has 2 N–H and O–H groups in total. The molecule has 2 aliphatic rings. The van der Waals surface area contributed by atoms with Crippen molar-refractivity contribution in [1.82, 2.24) is 0 Å². The Balaban J connectivity index is 2.42. The van der Waals surface area contributed by atoms with Crippen LogP contribution >= 0.6 is 0 Å². The fourth-order valence-electron chi connectivity index (χ4n) is 4.66. The van der Waals surface area contributed by atoms with Gasteiger partial charge in [0.25, 0.3) is 0 Å². The van der Waals surface area contributed by atoms with Crippen LogP contribution in [-0.4, -0.2) is 22.3 Å². The first-order valence-electron chi connectivity index (χ1n) is 8.93. The topological polar surface area (TPSA) is 57.5 Å². The Morgan fingerprint density at radius 1 is 1.29 bits per heavy atom. The van der Waals surface area contributed by atoms with E-state index in [1.54, 1.807) is 6.08 Å². The first-order valence-corrected chi connectivity index (χ1v) is 8.93. The third-order valence-corrected chi connectivity index (χ3v) is 5.87. The Morgan fingerprint density at radius 3 is 2.62 bits per heavy atom. The molecular weight excluding hydrogens is 300 g/mol. The molecule has 3 nitrogen and oxygen atoms in total. The minimum Gasteiger partial charge on any atom is -0.478 e. The van der Waals surface area contributed by atoms with Gasteiger partial charge in [-0.15, -0.1) is 0 Å². The number of fused-ring (bicyclic) bond motifs is 1. The average Bonchev–Trinajstić information content (AvgIpc) is 2.53. The summed E-state index contributed by atoms with van der Waals surface area (Å²) in [6, 6.07) is 0. The lowest BCUT2D eigenvalue weighted by molar-refractivity contribution is -0.131. The molecule has 1 saturated carbocycles. The number of aliphatic hydroxyl groups excluding tert-OH is 1. The molecule has 1 fully saturated rings. The highest BCUT2D eigenvalue weighted by molar-refractivity contribution is 5.80. The van der Waals surface area contributed by atoms with Crippen molar-refractivity contribution in [2.75, 3.05) is 0 Å². The normalized spacial score (nSPS) is 37.5. The first kappa shape index (κ1) is 18.7. The standard InChI is InChI=1S/C21H30O3/c1-5-13(2)20-15(4)12-17-18(22)11-10-14(3)21(17)16(20)8-6-7-9-19(23)24/h5-9,12,14,16-18,20-22H,10-11H2,1-4H3,(H,23,24)/t14-,16+,17-,18-,20+,21-/m0/s1. The van der Waals surface area contributed by atoms with Gasteiger partial charge in [0.1, 0.15) is 0 Å². The monoisotopic (exact) mass is 330 g/mol. The van der Waals surface area contributed by atoms with Crippen LogP contribution in [0.4, 0.5) is 0 Å². The zero-order valence-electron chi connectivity index (χ0n) is 15.1. The van der Waals surface area contributed by atoms with Crippen molar-refractivity contribution in [3.63, 3.8) is 0 Å². The molecule has 3 heteroatoms. The van der Waals surface area contributed by atoms with Gasteiger partial charge in [0.15, 0.2) is 0 Å². The second kappa shape index (κ2) is 7.98. The molecule has 0 radical (unpaired) electrons. The summed E-state index contributed by atoms with van der Waals surface area (Å²) in [7, 11) is 0. The smallest absolute Gasteiger partial charge is 0.328 e. The SMILES string of the molecule is CC=C(C)[C@@H]1C(C)=C[C@@H]2[C@H]([C@@H]1C=CC=CC(=O)O)[C@@H](C)CC[C@@H]2O. The summed E-state index contributed by atoms with van der Waals surface area (Å²) in [5, 5.41) is 19.3. The summed E-state index contributed by atoms with van der Waals surface area (Å²) < 4.78 is 0. The van der Waals surface area contributed by atoms with Gasteiger partial charge in [-0.3, -0.25) is 0 Å². The number of hydrogen-bond acceptors (Lipinski definition) is 2. The molecule has 0 aromatic heterocycles. The van der Waals surface area contributed by atoms with E-state index in [1.165, 1.54) is 11.1 Å². The van der Waals surface area contributed by atoms with Gasteiger partial charge >= 0.3 is 5.97 Å². The van der Waals surface area contributed by atoms with Crippen LogP contribution in [0.3, 0.4) is 0 Å². The maximum atomic E-state index is 10.7. The predicted molar refractivity (Wildman–Crippen MR) is 97.5 cm³/mol. The molecule has 0 heterocycles. The number of aliphatic carboxylic acids is 1. The van der Waals surface area contributed by atoms with E-state index in [1.807, 2.05) is 6.08 Å². The van der Waals surface area contributed by atoms with Crippen LogP contribution in [0.25, 0.3) is 0 Å². The van der Waals surface area contributed by atoms with E-state index in [-0.39, 0.29) is 12.0 Å². The van der Waals surface area contributed by atoms with Gasteiger partial charge < -0.3 is 10.2 Å². The summed E-state index contributed by atoms with van der Waals surface area (Å²) in [4.78, 5) is 10.7. The second-order valence-electron chi connectivity index (χ2n) is 7.36. The van der Waals surface area contributed by atoms with Gasteiger partial charge in [0.05, 0.1) is 6.10 Å². The van der Waals surface area contributed by atoms with Gasteiger partial charge in [-0.05, 0) is 51.4 Å². The Morgan fingerprint density at radius 2 is 2.00 bits per heavy atom. The van der Waals surface area contributed by atoms with Crippen molar-refractivity contribution in [3.8, 4) is 0 Å². The molecule has 0 bridgehead atoms. The molecule has 0 aromatic rings. The minimum absolute atomic E-state index is 0.202. The van der Waals surface area contributed by atoms with E-state index < -0.39 is 5.97 Å². The molecule has 0 amide bonds. The predicted octanol–water partition coefficient (Wildman–Crippen LogP) is 4.37. The lowest BCUT2D eigenvalue weighted by Crippen LogP contribution is -2.45. The van der Waals surface area contributed by atoms with Gasteiger partial charge in [-0.1, -0.05) is 48.5 Å². The maximum absolute atomic E-state index is 10.7. The lowest BCUT2D eigenvalue weighted by atomic mass is 9.57. The van der Waals surface area contributed by atoms with E-state index in [0.717, 1.165) is 18.9 Å². The number of hydrogen-bond donors (Lipinski definition) is 2. The number of carboxylic acids is 1. The third-order valence-electron chi connectivity index (χ3n) is 5.87. The molecule has 2 rings (SSSR count). The van der Waals surface area contributed by atoms with Crippen LogP contribution < -0.4 is 0 Å². The van der Waals surface area contributed by atoms with Crippen LogP contribution in [0.15, 0.2) is 47.6 Å². The Labute approximate surface area is 145 Å². The molecule has 2 aliphatic carbocycles. The van der Waals surface area contributed by atoms with Crippen molar-refractivity contribution < 1.29 is 15.0 Å². The third kappa shape index (κ3) is 3.89. The van der Waals surface area contributed by atoms with Crippen molar-refractivity contribution in [3.05, 3.63) is 47.6 Å². The van der Waals surface area contributed by atoms with Crippen molar-refractivity contribution >= 4 is 5.97 Å². The zero-order chi connectivity index (χ0) is 17.9. The van der Waals surface area contributed by atoms with Crippen LogP contribution in [-0.2, 0) is 4.79 Å². The van der Waals surface area contributed by atoms with E-state index in [4.69, 9.17) is 5.11 Å². The largest absolute Gasteiger partial charge is 0.478 e. The number of carboxylic acid groups (broad SMARTS) is 1. The van der Waals surface area contributed by atoms with Crippen LogP contribution in [0.2, 0.25) is 0 Å². The van der Waals surface area contributed by atoms with Crippen molar-refractivity contribution in [2.24, 2.45) is 29.6 Å². The van der Waals surface area contributed by atoms with Gasteiger partial charge in [0, 0.05) is 17.9 Å². The highest BCUT2D eigenvalue weighted by atomic mass is 16.4. The Hall–Kier alpha value is -1.61. The lowest BCUT2D eigenvalue weighted by Gasteiger charge is -2.48. The molecule has 24 heavy (non-hydrogen) atoms. The molecule has 132 valence electrons. The highest BCUT2D eigenvalue weighted by Gasteiger charge is 2.45. The van der Waals surface area contributed by atoms with E-state index >= 15 is 0 Å². The summed E-state index contributed by atoms with van der Waals surface area (Å²) in [6.07, 6.45) is 12.9. The summed E-state index contributed by atoms with van der Waals surface area (Å²) >= 11 is 0. The molecule has 0 aliphatic heterocycles. The maximum Gasteiger partial charge on any atom is 0.328 e. The Bertz CT molecular complexity index is 582. The van der Waals surface area contributed by atoms with E-state index in [9.17, 15) is 9.90 Å². The first-order chi connectivity index (χ1) is 11.4. The van der Waals surface area contributed by atoms with Crippen LogP contribution in [0.1, 0.15) is 40.5 Å². The summed E-state index contributed by atoms with van der Waals surface area (Å²) in [5.41, 5.74) is 2.66. The fourth-order valence-corrected chi connectivity index (χ4v) is 4.66. The molecule has 6 atom stereocenters.